The van der Waals surface area contributed by atoms with E-state index in [2.05, 4.69) is 13.8 Å². The summed E-state index contributed by atoms with van der Waals surface area (Å²) in [6.45, 7) is 5.86. The van der Waals surface area contributed by atoms with Crippen LogP contribution in [0, 0.1) is 0 Å². The molecule has 5 heteroatoms. The van der Waals surface area contributed by atoms with Crippen LogP contribution >= 0.6 is 11.8 Å². The Morgan fingerprint density at radius 3 is 2.84 bits per heavy atom. The van der Waals surface area contributed by atoms with Gasteiger partial charge in [-0.2, -0.15) is 11.8 Å². The molecule has 19 heavy (non-hydrogen) atoms. The summed E-state index contributed by atoms with van der Waals surface area (Å²) < 4.78 is 5.36. The Kier molecular flexibility index (Phi) is 3.94. The number of nitrogen functional groups attached to an aromatic ring is 1. The number of benzene rings is 1. The maximum atomic E-state index is 12.6. The molecular formula is C14H20N2O2S. The van der Waals surface area contributed by atoms with Gasteiger partial charge >= 0.3 is 0 Å². The number of amides is 1. The minimum atomic E-state index is 0.0187. The maximum absolute atomic E-state index is 12.6. The molecular weight excluding hydrogens is 260 g/mol. The van der Waals surface area contributed by atoms with Crippen LogP contribution in [0.4, 0.5) is 5.69 Å². The van der Waals surface area contributed by atoms with Crippen molar-refractivity contribution in [2.45, 2.75) is 18.6 Å². The number of anilines is 1. The first kappa shape index (κ1) is 14.1. The van der Waals surface area contributed by atoms with Gasteiger partial charge in [-0.3, -0.25) is 4.79 Å². The summed E-state index contributed by atoms with van der Waals surface area (Å²) in [6.07, 6.45) is 0. The van der Waals surface area contributed by atoms with Crippen molar-refractivity contribution in [3.63, 3.8) is 0 Å². The lowest BCUT2D eigenvalue weighted by Crippen LogP contribution is -2.46. The summed E-state index contributed by atoms with van der Waals surface area (Å²) >= 11 is 1.90. The van der Waals surface area contributed by atoms with Gasteiger partial charge in [0.05, 0.1) is 12.7 Å². The molecule has 0 atom stereocenters. The summed E-state index contributed by atoms with van der Waals surface area (Å²) in [5.74, 6) is 1.53. The number of hydrogen-bond acceptors (Lipinski definition) is 4. The van der Waals surface area contributed by atoms with Gasteiger partial charge in [-0.05, 0) is 26.0 Å². The van der Waals surface area contributed by atoms with Gasteiger partial charge < -0.3 is 15.4 Å². The third kappa shape index (κ3) is 3.15. The van der Waals surface area contributed by atoms with E-state index in [0.29, 0.717) is 17.0 Å². The Morgan fingerprint density at radius 1 is 1.47 bits per heavy atom. The molecule has 0 saturated carbocycles. The third-order valence-corrected chi connectivity index (χ3v) is 4.47. The summed E-state index contributed by atoms with van der Waals surface area (Å²) in [6, 6.07) is 5.17. The molecule has 1 aliphatic rings. The average molecular weight is 280 g/mol. The van der Waals surface area contributed by atoms with E-state index in [0.717, 1.165) is 18.8 Å². The fourth-order valence-corrected chi connectivity index (χ4v) is 3.36. The molecule has 1 fully saturated rings. The molecule has 0 spiro atoms. The smallest absolute Gasteiger partial charge is 0.257 e. The van der Waals surface area contributed by atoms with Gasteiger partial charge in [0.15, 0.2) is 0 Å². The minimum Gasteiger partial charge on any atom is -0.496 e. The van der Waals surface area contributed by atoms with Crippen molar-refractivity contribution in [1.82, 2.24) is 4.90 Å². The monoisotopic (exact) mass is 280 g/mol. The van der Waals surface area contributed by atoms with Crippen molar-refractivity contribution in [1.29, 1.82) is 0 Å². The van der Waals surface area contributed by atoms with Crippen molar-refractivity contribution >= 4 is 23.4 Å². The van der Waals surface area contributed by atoms with Crippen LogP contribution in [0.3, 0.4) is 0 Å². The van der Waals surface area contributed by atoms with Crippen molar-refractivity contribution in [3.8, 4) is 5.75 Å². The van der Waals surface area contributed by atoms with E-state index >= 15 is 0 Å². The van der Waals surface area contributed by atoms with Crippen molar-refractivity contribution < 1.29 is 9.53 Å². The van der Waals surface area contributed by atoms with E-state index in [1.165, 1.54) is 0 Å². The van der Waals surface area contributed by atoms with E-state index < -0.39 is 0 Å². The lowest BCUT2D eigenvalue weighted by Gasteiger charge is -2.37. The second-order valence-corrected chi connectivity index (χ2v) is 7.10. The normalized spacial score (nSPS) is 18.2. The SMILES string of the molecule is COc1cc(N)ccc1C(=O)N1CCSC(C)(C)C1. The molecule has 4 nitrogen and oxygen atoms in total. The minimum absolute atomic E-state index is 0.0187. The standard InChI is InChI=1S/C14H20N2O2S/c1-14(2)9-16(6-7-19-14)13(17)11-5-4-10(15)8-12(11)18-3/h4-5,8H,6-7,9,15H2,1-3H3. The maximum Gasteiger partial charge on any atom is 0.257 e. The molecule has 2 N–H and O–H groups in total. The Hall–Kier alpha value is -1.36. The number of rotatable bonds is 2. The average Bonchev–Trinajstić information content (AvgIpc) is 2.36. The van der Waals surface area contributed by atoms with E-state index in [1.54, 1.807) is 25.3 Å². The summed E-state index contributed by atoms with van der Waals surface area (Å²) in [5.41, 5.74) is 6.90. The van der Waals surface area contributed by atoms with Crippen molar-refractivity contribution in [2.24, 2.45) is 0 Å². The lowest BCUT2D eigenvalue weighted by molar-refractivity contribution is 0.0744. The van der Waals surface area contributed by atoms with Crippen LogP contribution in [0.1, 0.15) is 24.2 Å². The molecule has 1 amide bonds. The van der Waals surface area contributed by atoms with Gasteiger partial charge in [-0.25, -0.2) is 0 Å². The zero-order valence-corrected chi connectivity index (χ0v) is 12.4. The summed E-state index contributed by atoms with van der Waals surface area (Å²) in [4.78, 5) is 14.5. The zero-order chi connectivity index (χ0) is 14.0. The molecule has 0 bridgehead atoms. The van der Waals surface area contributed by atoms with Crippen LogP contribution in [0.15, 0.2) is 18.2 Å². The molecule has 104 valence electrons. The Labute approximate surface area is 118 Å². The van der Waals surface area contributed by atoms with Crippen molar-refractivity contribution in [3.05, 3.63) is 23.8 Å². The van der Waals surface area contributed by atoms with Crippen LogP contribution in [-0.2, 0) is 0 Å². The first-order valence-electron chi connectivity index (χ1n) is 6.30. The Bertz CT molecular complexity index is 488. The molecule has 1 saturated heterocycles. The fourth-order valence-electron chi connectivity index (χ4n) is 2.24. The highest BCUT2D eigenvalue weighted by atomic mass is 32.2. The molecule has 1 aliphatic heterocycles. The molecule has 1 aromatic carbocycles. The number of ether oxygens (including phenoxy) is 1. The highest BCUT2D eigenvalue weighted by Gasteiger charge is 2.31. The second kappa shape index (κ2) is 5.33. The first-order valence-corrected chi connectivity index (χ1v) is 7.28. The molecule has 0 aliphatic carbocycles. The second-order valence-electron chi connectivity index (χ2n) is 5.29. The van der Waals surface area contributed by atoms with Crippen LogP contribution in [-0.4, -0.2) is 41.5 Å². The van der Waals surface area contributed by atoms with Gasteiger partial charge in [-0.1, -0.05) is 0 Å². The fraction of sp³-hybridized carbons (Fsp3) is 0.500. The predicted molar refractivity (Wildman–Crippen MR) is 79.8 cm³/mol. The summed E-state index contributed by atoms with van der Waals surface area (Å²) in [5, 5.41) is 0. The van der Waals surface area contributed by atoms with E-state index in [1.807, 2.05) is 16.7 Å². The summed E-state index contributed by atoms with van der Waals surface area (Å²) in [7, 11) is 1.56. The van der Waals surface area contributed by atoms with Crippen molar-refractivity contribution in [2.75, 3.05) is 31.7 Å². The molecule has 1 heterocycles. The molecule has 2 rings (SSSR count). The number of nitrogens with zero attached hydrogens (tertiary/aromatic N) is 1. The largest absolute Gasteiger partial charge is 0.496 e. The van der Waals surface area contributed by atoms with Crippen LogP contribution in [0.5, 0.6) is 5.75 Å². The highest BCUT2D eigenvalue weighted by Crippen LogP contribution is 2.31. The van der Waals surface area contributed by atoms with Gasteiger partial charge in [0.2, 0.25) is 0 Å². The highest BCUT2D eigenvalue weighted by molar-refractivity contribution is 8.00. The molecule has 0 aromatic heterocycles. The first-order chi connectivity index (χ1) is 8.93. The number of carbonyl (C=O) groups excluding carboxylic acids is 1. The number of methoxy groups -OCH3 is 1. The molecule has 1 aromatic rings. The third-order valence-electron chi connectivity index (χ3n) is 3.17. The van der Waals surface area contributed by atoms with Crippen LogP contribution in [0.25, 0.3) is 0 Å². The Balaban J connectivity index is 2.24. The zero-order valence-electron chi connectivity index (χ0n) is 11.6. The van der Waals surface area contributed by atoms with E-state index in [4.69, 9.17) is 10.5 Å². The van der Waals surface area contributed by atoms with E-state index in [-0.39, 0.29) is 10.7 Å². The van der Waals surface area contributed by atoms with Gasteiger partial charge in [0.25, 0.3) is 5.91 Å². The number of hydrogen-bond donors (Lipinski definition) is 1. The molecule has 0 radical (unpaired) electrons. The Morgan fingerprint density at radius 2 is 2.21 bits per heavy atom. The lowest BCUT2D eigenvalue weighted by atomic mass is 10.1. The topological polar surface area (TPSA) is 55.6 Å². The van der Waals surface area contributed by atoms with E-state index in [9.17, 15) is 4.79 Å². The number of nitrogens with two attached hydrogens (primary N) is 1. The predicted octanol–water partition coefficient (Wildman–Crippen LogP) is 2.25. The van der Waals surface area contributed by atoms with Crippen LogP contribution in [0.2, 0.25) is 0 Å². The number of thioether (sulfide) groups is 1. The molecule has 0 unspecified atom stereocenters. The van der Waals surface area contributed by atoms with Gasteiger partial charge in [0, 0.05) is 35.3 Å². The quantitative estimate of drug-likeness (QED) is 0.844. The number of carbonyl (C=O) groups is 1. The van der Waals surface area contributed by atoms with Gasteiger partial charge in [0.1, 0.15) is 5.75 Å². The van der Waals surface area contributed by atoms with Crippen LogP contribution < -0.4 is 10.5 Å². The van der Waals surface area contributed by atoms with Gasteiger partial charge in [-0.15, -0.1) is 0 Å².